The second kappa shape index (κ2) is 7.49. The first kappa shape index (κ1) is 21.9. The van der Waals surface area contributed by atoms with Crippen LogP contribution in [0.1, 0.15) is 53.6 Å². The predicted octanol–water partition coefficient (Wildman–Crippen LogP) is 3.91. The molecular formula is C31H32N2O4. The normalized spacial score (nSPS) is 33.6. The minimum atomic E-state index is -0.943. The molecule has 5 aliphatic rings. The van der Waals surface area contributed by atoms with Gasteiger partial charge in [-0.1, -0.05) is 36.4 Å². The minimum Gasteiger partial charge on any atom is -0.504 e. The van der Waals surface area contributed by atoms with Crippen molar-refractivity contribution >= 4 is 16.7 Å². The van der Waals surface area contributed by atoms with E-state index in [4.69, 9.17) is 4.74 Å². The molecule has 1 spiro atoms. The molecule has 1 saturated heterocycles. The van der Waals surface area contributed by atoms with E-state index in [-0.39, 0.29) is 23.7 Å². The number of piperidine rings is 1. The number of hydrogen-bond acceptors (Lipinski definition) is 5. The Morgan fingerprint density at radius 3 is 2.73 bits per heavy atom. The quantitative estimate of drug-likeness (QED) is 0.510. The van der Waals surface area contributed by atoms with E-state index in [0.717, 1.165) is 48.2 Å². The van der Waals surface area contributed by atoms with Gasteiger partial charge in [-0.3, -0.25) is 9.69 Å². The van der Waals surface area contributed by atoms with Gasteiger partial charge in [0.15, 0.2) is 11.5 Å². The van der Waals surface area contributed by atoms with Gasteiger partial charge < -0.3 is 20.3 Å². The van der Waals surface area contributed by atoms with Crippen LogP contribution in [0, 0.1) is 5.92 Å². The molecule has 3 fully saturated rings. The van der Waals surface area contributed by atoms with Crippen LogP contribution >= 0.6 is 0 Å². The molecule has 2 aliphatic heterocycles. The first-order chi connectivity index (χ1) is 18.0. The maximum Gasteiger partial charge on any atom is 0.251 e. The van der Waals surface area contributed by atoms with Crippen LogP contribution < -0.4 is 10.1 Å². The average molecular weight is 497 g/mol. The highest BCUT2D eigenvalue weighted by molar-refractivity contribution is 5.98. The smallest absolute Gasteiger partial charge is 0.251 e. The summed E-state index contributed by atoms with van der Waals surface area (Å²) in [6, 6.07) is 17.4. The molecule has 1 amide bonds. The lowest BCUT2D eigenvalue weighted by Gasteiger charge is -2.64. The molecule has 3 aromatic carbocycles. The molecule has 6 nitrogen and oxygen atoms in total. The molecular weight excluding hydrogens is 464 g/mol. The summed E-state index contributed by atoms with van der Waals surface area (Å²) in [5, 5.41) is 28.8. The van der Waals surface area contributed by atoms with Crippen molar-refractivity contribution in [3.63, 3.8) is 0 Å². The highest BCUT2D eigenvalue weighted by Gasteiger charge is 2.73. The van der Waals surface area contributed by atoms with Crippen molar-refractivity contribution in [1.29, 1.82) is 0 Å². The number of aromatic hydroxyl groups is 1. The van der Waals surface area contributed by atoms with Crippen molar-refractivity contribution in [2.24, 2.45) is 5.92 Å². The van der Waals surface area contributed by atoms with E-state index >= 15 is 0 Å². The summed E-state index contributed by atoms with van der Waals surface area (Å²) in [7, 11) is 0. The summed E-state index contributed by atoms with van der Waals surface area (Å²) in [6.45, 7) is 1.96. The average Bonchev–Trinajstić information content (AvgIpc) is 3.65. The fraction of sp³-hybridized carbons (Fsp3) is 0.452. The lowest BCUT2D eigenvalue weighted by molar-refractivity contribution is -0.191. The number of phenols is 1. The summed E-state index contributed by atoms with van der Waals surface area (Å²) < 4.78 is 6.58. The number of ether oxygens (including phenoxy) is 1. The van der Waals surface area contributed by atoms with Gasteiger partial charge in [0.2, 0.25) is 0 Å². The summed E-state index contributed by atoms with van der Waals surface area (Å²) >= 11 is 0. The molecule has 0 aromatic heterocycles. The first-order valence-corrected chi connectivity index (χ1v) is 13.8. The summed E-state index contributed by atoms with van der Waals surface area (Å²) in [6.07, 6.45) is 4.95. The molecule has 8 rings (SSSR count). The van der Waals surface area contributed by atoms with Crippen molar-refractivity contribution < 1.29 is 19.7 Å². The Kier molecular flexibility index (Phi) is 4.44. The molecule has 1 unspecified atom stereocenters. The SMILES string of the molecule is O=C(N[C@H]1CC[C@@]2(O)C3Cc4ccc(O)c5c4[C@@]2(CCN3CC2CC2)[C@H]1O5)c1ccc2ccccc2c1. The zero-order valence-corrected chi connectivity index (χ0v) is 20.8. The van der Waals surface area contributed by atoms with E-state index in [1.165, 1.54) is 18.4 Å². The number of hydrogen-bond donors (Lipinski definition) is 3. The molecule has 3 N–H and O–H groups in total. The number of nitrogens with zero attached hydrogens (tertiary/aromatic N) is 1. The fourth-order valence-electron chi connectivity index (χ4n) is 8.21. The van der Waals surface area contributed by atoms with Gasteiger partial charge in [0.25, 0.3) is 5.91 Å². The summed E-state index contributed by atoms with van der Waals surface area (Å²) in [5.74, 6) is 1.27. The van der Waals surface area contributed by atoms with Gasteiger partial charge >= 0.3 is 0 Å². The lowest BCUT2D eigenvalue weighted by Crippen LogP contribution is -2.78. The molecule has 6 heteroatoms. The second-order valence-electron chi connectivity index (χ2n) is 12.0. The van der Waals surface area contributed by atoms with E-state index in [0.29, 0.717) is 24.2 Å². The van der Waals surface area contributed by atoms with E-state index in [9.17, 15) is 15.0 Å². The van der Waals surface area contributed by atoms with Crippen LogP contribution in [0.4, 0.5) is 0 Å². The van der Waals surface area contributed by atoms with Crippen molar-refractivity contribution in [2.75, 3.05) is 13.1 Å². The minimum absolute atomic E-state index is 0.0353. The van der Waals surface area contributed by atoms with Gasteiger partial charge in [-0.2, -0.15) is 0 Å². The zero-order chi connectivity index (χ0) is 24.9. The third-order valence-corrected chi connectivity index (χ3v) is 10.1. The Morgan fingerprint density at radius 2 is 1.89 bits per heavy atom. The standard InChI is InChI=1S/C31H32N2O4/c34-24-10-9-21-16-25-31(36)12-11-23(32-29(35)22-8-7-19-3-1-2-4-20(19)15-22)28-30(31,26(21)27(24)37-28)13-14-33(25)17-18-5-6-18/h1-4,7-10,15,18,23,25,28,34,36H,5-6,11-14,16-17H2,(H,32,35)/t23-,25?,28-,30-,31+/m0/s1. The van der Waals surface area contributed by atoms with Gasteiger partial charge in [-0.25, -0.2) is 0 Å². The van der Waals surface area contributed by atoms with Crippen LogP contribution in [0.15, 0.2) is 54.6 Å². The second-order valence-corrected chi connectivity index (χ2v) is 12.0. The number of carbonyl (C=O) groups is 1. The molecule has 0 radical (unpaired) electrons. The number of phenolic OH excluding ortho intramolecular Hbond substituents is 1. The Morgan fingerprint density at radius 1 is 1.05 bits per heavy atom. The number of aliphatic hydroxyl groups is 1. The molecule has 2 saturated carbocycles. The van der Waals surface area contributed by atoms with Crippen LogP contribution in [-0.2, 0) is 11.8 Å². The third-order valence-electron chi connectivity index (χ3n) is 10.1. The van der Waals surface area contributed by atoms with Crippen LogP contribution in [0.3, 0.4) is 0 Å². The number of carbonyl (C=O) groups excluding carboxylic acids is 1. The van der Waals surface area contributed by atoms with E-state index < -0.39 is 17.1 Å². The van der Waals surface area contributed by atoms with E-state index in [1.54, 1.807) is 6.07 Å². The molecule has 37 heavy (non-hydrogen) atoms. The Balaban J connectivity index is 1.17. The number of amides is 1. The van der Waals surface area contributed by atoms with Crippen molar-refractivity contribution in [2.45, 2.75) is 67.7 Å². The maximum absolute atomic E-state index is 13.5. The topological polar surface area (TPSA) is 82.0 Å². The largest absolute Gasteiger partial charge is 0.504 e. The van der Waals surface area contributed by atoms with Crippen molar-refractivity contribution in [3.8, 4) is 11.5 Å². The molecule has 2 heterocycles. The Labute approximate surface area is 216 Å². The number of fused-ring (bicyclic) bond motifs is 1. The van der Waals surface area contributed by atoms with Crippen LogP contribution in [0.25, 0.3) is 10.8 Å². The Bertz CT molecular complexity index is 1450. The monoisotopic (exact) mass is 496 g/mol. The summed E-state index contributed by atoms with van der Waals surface area (Å²) in [4.78, 5) is 16.0. The molecule has 3 aromatic rings. The molecule has 3 aliphatic carbocycles. The van der Waals surface area contributed by atoms with Gasteiger partial charge in [-0.05, 0) is 85.5 Å². The highest BCUT2D eigenvalue weighted by atomic mass is 16.5. The molecule has 5 atom stereocenters. The number of nitrogens with one attached hydrogen (secondary N) is 1. The third kappa shape index (κ3) is 2.91. The van der Waals surface area contributed by atoms with Crippen LogP contribution in [-0.4, -0.2) is 57.9 Å². The van der Waals surface area contributed by atoms with Crippen molar-refractivity contribution in [3.05, 3.63) is 71.3 Å². The van der Waals surface area contributed by atoms with Crippen LogP contribution in [0.2, 0.25) is 0 Å². The predicted molar refractivity (Wildman–Crippen MR) is 140 cm³/mol. The van der Waals surface area contributed by atoms with Gasteiger partial charge in [-0.15, -0.1) is 0 Å². The lowest BCUT2D eigenvalue weighted by atomic mass is 9.48. The van der Waals surface area contributed by atoms with E-state index in [1.807, 2.05) is 48.5 Å². The molecule has 2 bridgehead atoms. The van der Waals surface area contributed by atoms with Gasteiger partial charge in [0, 0.05) is 23.7 Å². The van der Waals surface area contributed by atoms with Crippen molar-refractivity contribution in [1.82, 2.24) is 10.2 Å². The van der Waals surface area contributed by atoms with Crippen LogP contribution in [0.5, 0.6) is 11.5 Å². The first-order valence-electron chi connectivity index (χ1n) is 13.8. The number of benzene rings is 3. The van der Waals surface area contributed by atoms with Gasteiger partial charge in [0.1, 0.15) is 6.10 Å². The fourth-order valence-corrected chi connectivity index (χ4v) is 8.21. The maximum atomic E-state index is 13.5. The van der Waals surface area contributed by atoms with E-state index in [2.05, 4.69) is 10.2 Å². The highest BCUT2D eigenvalue weighted by Crippen LogP contribution is 2.65. The Hall–Kier alpha value is -3.09. The number of likely N-dealkylation sites (tertiary alicyclic amines) is 1. The number of rotatable bonds is 4. The molecule has 190 valence electrons. The summed E-state index contributed by atoms with van der Waals surface area (Å²) in [5.41, 5.74) is 1.22. The van der Waals surface area contributed by atoms with Gasteiger partial charge in [0.05, 0.1) is 17.1 Å². The zero-order valence-electron chi connectivity index (χ0n) is 20.8.